The fraction of sp³-hybridized carbons (Fsp3) is 0.267. The fourth-order valence-electron chi connectivity index (χ4n) is 2.26. The molecular weight excluding hydrogens is 302 g/mol. The Bertz CT molecular complexity index is 877. The van der Waals surface area contributed by atoms with E-state index in [0.717, 1.165) is 5.76 Å². The molecule has 0 saturated heterocycles. The monoisotopic (exact) mass is 317 g/mol. The fourth-order valence-corrected chi connectivity index (χ4v) is 3.32. The van der Waals surface area contributed by atoms with Crippen molar-refractivity contribution in [1.29, 1.82) is 0 Å². The molecule has 3 rings (SSSR count). The summed E-state index contributed by atoms with van der Waals surface area (Å²) in [6.45, 7) is 2.26. The van der Waals surface area contributed by atoms with Crippen molar-refractivity contribution in [3.05, 3.63) is 51.3 Å². The minimum atomic E-state index is -0.186. The van der Waals surface area contributed by atoms with Crippen molar-refractivity contribution < 1.29 is 9.21 Å². The molecule has 22 heavy (non-hydrogen) atoms. The maximum atomic E-state index is 12.3. The number of hydrogen-bond donors (Lipinski definition) is 1. The van der Waals surface area contributed by atoms with E-state index in [9.17, 15) is 9.59 Å². The van der Waals surface area contributed by atoms with Gasteiger partial charge in [-0.2, -0.15) is 0 Å². The zero-order valence-corrected chi connectivity index (χ0v) is 13.1. The number of nitrogens with zero attached hydrogens (tertiary/aromatic N) is 2. The van der Waals surface area contributed by atoms with Crippen LogP contribution in [0.15, 0.2) is 33.9 Å². The van der Waals surface area contributed by atoms with Crippen LogP contribution >= 0.6 is 11.3 Å². The first kappa shape index (κ1) is 14.5. The summed E-state index contributed by atoms with van der Waals surface area (Å²) in [6, 6.07) is 3.68. The van der Waals surface area contributed by atoms with E-state index in [4.69, 9.17) is 4.42 Å². The number of nitrogens with one attached hydrogen (secondary N) is 1. The highest BCUT2D eigenvalue weighted by atomic mass is 32.1. The van der Waals surface area contributed by atoms with Crippen LogP contribution < -0.4 is 10.9 Å². The Morgan fingerprint density at radius 1 is 1.50 bits per heavy atom. The number of aryl methyl sites for hydroxylation is 2. The number of carbonyl (C=O) groups excluding carboxylic acids is 1. The van der Waals surface area contributed by atoms with E-state index in [1.54, 1.807) is 20.2 Å². The van der Waals surface area contributed by atoms with Gasteiger partial charge in [-0.3, -0.25) is 9.59 Å². The Morgan fingerprint density at radius 3 is 3.05 bits per heavy atom. The molecular formula is C15H15N3O3S. The van der Waals surface area contributed by atoms with Crippen molar-refractivity contribution in [2.75, 3.05) is 6.54 Å². The van der Waals surface area contributed by atoms with Crippen molar-refractivity contribution >= 4 is 27.5 Å². The molecule has 0 atom stereocenters. The molecule has 0 saturated carbocycles. The van der Waals surface area contributed by atoms with E-state index >= 15 is 0 Å². The quantitative estimate of drug-likeness (QED) is 0.797. The third-order valence-electron chi connectivity index (χ3n) is 3.45. The lowest BCUT2D eigenvalue weighted by molar-refractivity contribution is 0.0957. The summed E-state index contributed by atoms with van der Waals surface area (Å²) in [4.78, 5) is 29.8. The lowest BCUT2D eigenvalue weighted by Gasteiger charge is -2.03. The van der Waals surface area contributed by atoms with Gasteiger partial charge < -0.3 is 14.3 Å². The molecule has 0 unspecified atom stereocenters. The number of aromatic nitrogens is 2. The van der Waals surface area contributed by atoms with Crippen molar-refractivity contribution in [2.45, 2.75) is 13.3 Å². The highest BCUT2D eigenvalue weighted by Crippen LogP contribution is 2.26. The average Bonchev–Trinajstić information content (AvgIpc) is 3.11. The molecule has 0 aromatic carbocycles. The molecule has 3 aromatic heterocycles. The SMILES string of the molecule is Cc1c(C(=O)NCCc2ccco2)sc2ncn(C)c(=O)c12. The lowest BCUT2D eigenvalue weighted by atomic mass is 10.2. The largest absolute Gasteiger partial charge is 0.469 e. The number of rotatable bonds is 4. The van der Waals surface area contributed by atoms with Crippen LogP contribution in [0.3, 0.4) is 0 Å². The molecule has 6 nitrogen and oxygen atoms in total. The van der Waals surface area contributed by atoms with E-state index in [1.165, 1.54) is 22.2 Å². The van der Waals surface area contributed by atoms with Gasteiger partial charge in [0.2, 0.25) is 0 Å². The van der Waals surface area contributed by atoms with E-state index in [-0.39, 0.29) is 11.5 Å². The van der Waals surface area contributed by atoms with E-state index < -0.39 is 0 Å². The molecule has 3 heterocycles. The van der Waals surface area contributed by atoms with Gasteiger partial charge in [-0.25, -0.2) is 4.98 Å². The van der Waals surface area contributed by atoms with Gasteiger partial charge in [0.1, 0.15) is 10.6 Å². The summed E-state index contributed by atoms with van der Waals surface area (Å²) in [6.07, 6.45) is 3.70. The van der Waals surface area contributed by atoms with Crippen LogP contribution in [0.5, 0.6) is 0 Å². The normalized spacial score (nSPS) is 11.0. The van der Waals surface area contributed by atoms with Gasteiger partial charge in [0.25, 0.3) is 11.5 Å². The second kappa shape index (κ2) is 5.76. The van der Waals surface area contributed by atoms with Gasteiger partial charge in [0, 0.05) is 20.0 Å². The second-order valence-electron chi connectivity index (χ2n) is 4.98. The number of hydrogen-bond acceptors (Lipinski definition) is 5. The van der Waals surface area contributed by atoms with E-state index in [0.29, 0.717) is 33.6 Å². The van der Waals surface area contributed by atoms with Crippen LogP contribution in [0.1, 0.15) is 21.0 Å². The number of amides is 1. The van der Waals surface area contributed by atoms with Crippen LogP contribution in [0.2, 0.25) is 0 Å². The Labute approximate surface area is 130 Å². The Morgan fingerprint density at radius 2 is 2.32 bits per heavy atom. The molecule has 114 valence electrons. The molecule has 0 spiro atoms. The first-order valence-electron chi connectivity index (χ1n) is 6.83. The third-order valence-corrected chi connectivity index (χ3v) is 4.65. The molecule has 0 aliphatic rings. The molecule has 1 amide bonds. The van der Waals surface area contributed by atoms with Gasteiger partial charge in [-0.1, -0.05) is 0 Å². The molecule has 3 aromatic rings. The summed E-state index contributed by atoms with van der Waals surface area (Å²) < 4.78 is 6.64. The zero-order chi connectivity index (χ0) is 15.7. The maximum absolute atomic E-state index is 12.3. The van der Waals surface area contributed by atoms with Crippen LogP contribution in [0, 0.1) is 6.92 Å². The Hall–Kier alpha value is -2.41. The molecule has 0 fully saturated rings. The van der Waals surface area contributed by atoms with Gasteiger partial charge >= 0.3 is 0 Å². The van der Waals surface area contributed by atoms with Gasteiger partial charge in [-0.15, -0.1) is 11.3 Å². The third kappa shape index (κ3) is 2.55. The highest BCUT2D eigenvalue weighted by Gasteiger charge is 2.18. The number of carbonyl (C=O) groups is 1. The first-order chi connectivity index (χ1) is 10.6. The Kier molecular flexibility index (Phi) is 3.81. The number of fused-ring (bicyclic) bond motifs is 1. The van der Waals surface area contributed by atoms with E-state index in [2.05, 4.69) is 10.3 Å². The summed E-state index contributed by atoms with van der Waals surface area (Å²) in [5, 5.41) is 3.37. The van der Waals surface area contributed by atoms with E-state index in [1.807, 2.05) is 12.1 Å². The highest BCUT2D eigenvalue weighted by molar-refractivity contribution is 7.20. The summed E-state index contributed by atoms with van der Waals surface area (Å²) in [7, 11) is 1.65. The summed E-state index contributed by atoms with van der Waals surface area (Å²) in [5.41, 5.74) is 0.553. The van der Waals surface area contributed by atoms with Crippen molar-refractivity contribution in [1.82, 2.24) is 14.9 Å². The predicted molar refractivity (Wildman–Crippen MR) is 84.3 cm³/mol. The molecule has 0 radical (unpaired) electrons. The topological polar surface area (TPSA) is 77.1 Å². The molecule has 1 N–H and O–H groups in total. The standard InChI is InChI=1S/C15H15N3O3S/c1-9-11-14(17-8-18(2)15(11)20)22-12(9)13(19)16-6-5-10-4-3-7-21-10/h3-4,7-8H,5-6H2,1-2H3,(H,16,19). The van der Waals surface area contributed by atoms with Gasteiger partial charge in [-0.05, 0) is 24.6 Å². The first-order valence-corrected chi connectivity index (χ1v) is 7.65. The second-order valence-corrected chi connectivity index (χ2v) is 5.98. The number of furan rings is 1. The van der Waals surface area contributed by atoms with Crippen molar-refractivity contribution in [3.8, 4) is 0 Å². The maximum Gasteiger partial charge on any atom is 0.262 e. The molecule has 0 bridgehead atoms. The average molecular weight is 317 g/mol. The predicted octanol–water partition coefficient (Wildman–Crippen LogP) is 1.87. The molecule has 0 aliphatic heterocycles. The van der Waals surface area contributed by atoms with Crippen molar-refractivity contribution in [2.24, 2.45) is 7.05 Å². The zero-order valence-electron chi connectivity index (χ0n) is 12.3. The van der Waals surface area contributed by atoms with Gasteiger partial charge in [0.05, 0.1) is 22.9 Å². The van der Waals surface area contributed by atoms with Gasteiger partial charge in [0.15, 0.2) is 0 Å². The van der Waals surface area contributed by atoms with Crippen LogP contribution in [0.25, 0.3) is 10.2 Å². The summed E-state index contributed by atoms with van der Waals surface area (Å²) >= 11 is 1.24. The summed E-state index contributed by atoms with van der Waals surface area (Å²) in [5.74, 6) is 0.637. The minimum absolute atomic E-state index is 0.131. The molecule has 0 aliphatic carbocycles. The van der Waals surface area contributed by atoms with Crippen LogP contribution in [0.4, 0.5) is 0 Å². The molecule has 7 heteroatoms. The van der Waals surface area contributed by atoms with Crippen molar-refractivity contribution in [3.63, 3.8) is 0 Å². The van der Waals surface area contributed by atoms with Crippen LogP contribution in [-0.2, 0) is 13.5 Å². The smallest absolute Gasteiger partial charge is 0.262 e. The lowest BCUT2D eigenvalue weighted by Crippen LogP contribution is -2.25. The Balaban J connectivity index is 1.81. The number of thiophene rings is 1. The minimum Gasteiger partial charge on any atom is -0.469 e. The van der Waals surface area contributed by atoms with Crippen LogP contribution in [-0.4, -0.2) is 22.0 Å².